The van der Waals surface area contributed by atoms with Gasteiger partial charge in [-0.05, 0) is 48.5 Å². The summed E-state index contributed by atoms with van der Waals surface area (Å²) in [6, 6.07) is 14.3. The Hall–Kier alpha value is -2.67. The van der Waals surface area contributed by atoms with E-state index in [1.807, 2.05) is 12.1 Å². The molecule has 0 aromatic heterocycles. The van der Waals surface area contributed by atoms with E-state index in [2.05, 4.69) is 26.6 Å². The van der Waals surface area contributed by atoms with Crippen LogP contribution in [-0.4, -0.2) is 24.3 Å². The molecule has 1 atom stereocenters. The molecule has 2 aromatic carbocycles. The number of halogens is 1. The van der Waals surface area contributed by atoms with Gasteiger partial charge < -0.3 is 15.5 Å². The zero-order valence-corrected chi connectivity index (χ0v) is 15.7. The maximum Gasteiger partial charge on any atom is 0.229 e. The first-order chi connectivity index (χ1) is 12.4. The molecule has 2 N–H and O–H groups in total. The van der Waals surface area contributed by atoms with Gasteiger partial charge in [0, 0.05) is 41.4 Å². The molecule has 1 unspecified atom stereocenters. The van der Waals surface area contributed by atoms with Gasteiger partial charge in [0.2, 0.25) is 17.7 Å². The lowest BCUT2D eigenvalue weighted by atomic mass is 10.1. The number of nitrogens with one attached hydrogen (secondary N) is 2. The Morgan fingerprint density at radius 3 is 2.19 bits per heavy atom. The molecule has 6 nitrogen and oxygen atoms in total. The molecule has 1 saturated heterocycles. The Labute approximate surface area is 159 Å². The molecule has 0 aliphatic carbocycles. The second-order valence-electron chi connectivity index (χ2n) is 6.13. The van der Waals surface area contributed by atoms with Crippen molar-refractivity contribution < 1.29 is 14.4 Å². The summed E-state index contributed by atoms with van der Waals surface area (Å²) in [6.07, 6.45) is 0.176. The Balaban J connectivity index is 1.65. The third-order valence-corrected chi connectivity index (χ3v) is 4.64. The van der Waals surface area contributed by atoms with Gasteiger partial charge in [0.1, 0.15) is 0 Å². The molecule has 26 heavy (non-hydrogen) atoms. The third kappa shape index (κ3) is 4.29. The highest BCUT2D eigenvalue weighted by Crippen LogP contribution is 2.27. The fourth-order valence-electron chi connectivity index (χ4n) is 2.84. The molecule has 2 aromatic rings. The van der Waals surface area contributed by atoms with E-state index in [1.165, 1.54) is 6.92 Å². The molecule has 1 heterocycles. The summed E-state index contributed by atoms with van der Waals surface area (Å²) in [7, 11) is 0. The van der Waals surface area contributed by atoms with E-state index in [1.54, 1.807) is 41.3 Å². The predicted molar refractivity (Wildman–Crippen MR) is 104 cm³/mol. The number of carbonyl (C=O) groups is 3. The average Bonchev–Trinajstić information content (AvgIpc) is 2.99. The number of hydrogen-bond donors (Lipinski definition) is 2. The van der Waals surface area contributed by atoms with Crippen molar-refractivity contribution in [3.05, 3.63) is 53.0 Å². The van der Waals surface area contributed by atoms with Crippen LogP contribution in [0.2, 0.25) is 0 Å². The SMILES string of the molecule is CC(=O)Nc1ccc(N2CC(C(=O)Nc3ccc(Br)cc3)CC2=O)cc1. The van der Waals surface area contributed by atoms with Gasteiger partial charge in [-0.3, -0.25) is 14.4 Å². The minimum absolute atomic E-state index is 0.0896. The smallest absolute Gasteiger partial charge is 0.229 e. The predicted octanol–water partition coefficient (Wildman–Crippen LogP) is 3.40. The van der Waals surface area contributed by atoms with Crippen LogP contribution in [0.4, 0.5) is 17.1 Å². The molecule has 0 radical (unpaired) electrons. The van der Waals surface area contributed by atoms with Crippen molar-refractivity contribution in [3.63, 3.8) is 0 Å². The maximum absolute atomic E-state index is 12.4. The van der Waals surface area contributed by atoms with Gasteiger partial charge in [0.15, 0.2) is 0 Å². The van der Waals surface area contributed by atoms with Crippen LogP contribution in [0.25, 0.3) is 0 Å². The van der Waals surface area contributed by atoms with Crippen LogP contribution in [-0.2, 0) is 14.4 Å². The van der Waals surface area contributed by atoms with Crippen molar-refractivity contribution in [2.24, 2.45) is 5.92 Å². The number of amides is 3. The van der Waals surface area contributed by atoms with E-state index in [0.29, 0.717) is 23.6 Å². The molecular weight excluding hydrogens is 398 g/mol. The second-order valence-corrected chi connectivity index (χ2v) is 7.05. The van der Waals surface area contributed by atoms with Crippen molar-refractivity contribution in [1.29, 1.82) is 0 Å². The molecule has 3 amide bonds. The van der Waals surface area contributed by atoms with E-state index in [4.69, 9.17) is 0 Å². The zero-order valence-electron chi connectivity index (χ0n) is 14.2. The number of rotatable bonds is 4. The summed E-state index contributed by atoms with van der Waals surface area (Å²) in [5.41, 5.74) is 2.07. The van der Waals surface area contributed by atoms with Gasteiger partial charge >= 0.3 is 0 Å². The molecule has 0 saturated carbocycles. The number of anilines is 3. The number of carbonyl (C=O) groups excluding carboxylic acids is 3. The number of nitrogens with zero attached hydrogens (tertiary/aromatic N) is 1. The molecule has 134 valence electrons. The lowest BCUT2D eigenvalue weighted by Crippen LogP contribution is -2.28. The van der Waals surface area contributed by atoms with Gasteiger partial charge in [-0.1, -0.05) is 15.9 Å². The highest BCUT2D eigenvalue weighted by atomic mass is 79.9. The van der Waals surface area contributed by atoms with Crippen molar-refractivity contribution in [1.82, 2.24) is 0 Å². The standard InChI is InChI=1S/C19H18BrN3O3/c1-12(24)21-15-6-8-17(9-7-15)23-11-13(10-18(23)25)19(26)22-16-4-2-14(20)3-5-16/h2-9,13H,10-11H2,1H3,(H,21,24)(H,22,26). The van der Waals surface area contributed by atoms with E-state index in [9.17, 15) is 14.4 Å². The first kappa shape index (κ1) is 18.1. The minimum atomic E-state index is -0.402. The van der Waals surface area contributed by atoms with Crippen molar-refractivity contribution in [2.45, 2.75) is 13.3 Å². The molecule has 3 rings (SSSR count). The lowest BCUT2D eigenvalue weighted by Gasteiger charge is -2.17. The van der Waals surface area contributed by atoms with Crippen molar-refractivity contribution in [3.8, 4) is 0 Å². The second kappa shape index (κ2) is 7.70. The fraction of sp³-hybridized carbons (Fsp3) is 0.211. The minimum Gasteiger partial charge on any atom is -0.326 e. The highest BCUT2D eigenvalue weighted by Gasteiger charge is 2.35. The summed E-state index contributed by atoms with van der Waals surface area (Å²) in [4.78, 5) is 37.4. The molecule has 1 aliphatic heterocycles. The molecule has 1 fully saturated rings. The van der Waals surface area contributed by atoms with Crippen molar-refractivity contribution >= 4 is 50.7 Å². The Morgan fingerprint density at radius 1 is 1.00 bits per heavy atom. The fourth-order valence-corrected chi connectivity index (χ4v) is 3.10. The Morgan fingerprint density at radius 2 is 1.58 bits per heavy atom. The van der Waals surface area contributed by atoms with Crippen LogP contribution in [0.3, 0.4) is 0 Å². The van der Waals surface area contributed by atoms with E-state index >= 15 is 0 Å². The Bertz CT molecular complexity index is 834. The zero-order chi connectivity index (χ0) is 18.7. The van der Waals surface area contributed by atoms with Gasteiger partial charge in [0.25, 0.3) is 0 Å². The monoisotopic (exact) mass is 415 g/mol. The average molecular weight is 416 g/mol. The summed E-state index contributed by atoms with van der Waals surface area (Å²) in [5, 5.41) is 5.53. The van der Waals surface area contributed by atoms with Crippen LogP contribution in [0.15, 0.2) is 53.0 Å². The van der Waals surface area contributed by atoms with Gasteiger partial charge in [-0.15, -0.1) is 0 Å². The van der Waals surface area contributed by atoms with E-state index in [-0.39, 0.29) is 24.1 Å². The van der Waals surface area contributed by atoms with Crippen molar-refractivity contribution in [2.75, 3.05) is 22.1 Å². The van der Waals surface area contributed by atoms with Crippen LogP contribution >= 0.6 is 15.9 Å². The summed E-state index contributed by atoms with van der Waals surface area (Å²) >= 11 is 3.35. The van der Waals surface area contributed by atoms with Gasteiger partial charge in [-0.2, -0.15) is 0 Å². The maximum atomic E-state index is 12.4. The third-order valence-electron chi connectivity index (χ3n) is 4.11. The first-order valence-corrected chi connectivity index (χ1v) is 8.96. The summed E-state index contributed by atoms with van der Waals surface area (Å²) in [5.74, 6) is -0.813. The molecular formula is C19H18BrN3O3. The summed E-state index contributed by atoms with van der Waals surface area (Å²) < 4.78 is 0.931. The first-order valence-electron chi connectivity index (χ1n) is 8.17. The molecule has 0 spiro atoms. The number of benzene rings is 2. The molecule has 1 aliphatic rings. The van der Waals surface area contributed by atoms with Crippen LogP contribution in [0, 0.1) is 5.92 Å². The largest absolute Gasteiger partial charge is 0.326 e. The van der Waals surface area contributed by atoms with Crippen LogP contribution in [0.1, 0.15) is 13.3 Å². The van der Waals surface area contributed by atoms with Gasteiger partial charge in [0.05, 0.1) is 5.92 Å². The van der Waals surface area contributed by atoms with Crippen LogP contribution < -0.4 is 15.5 Å². The topological polar surface area (TPSA) is 78.5 Å². The highest BCUT2D eigenvalue weighted by molar-refractivity contribution is 9.10. The quantitative estimate of drug-likeness (QED) is 0.802. The van der Waals surface area contributed by atoms with E-state index in [0.717, 1.165) is 4.47 Å². The summed E-state index contributed by atoms with van der Waals surface area (Å²) in [6.45, 7) is 1.77. The lowest BCUT2D eigenvalue weighted by molar-refractivity contribution is -0.122. The van der Waals surface area contributed by atoms with Gasteiger partial charge in [-0.25, -0.2) is 0 Å². The van der Waals surface area contributed by atoms with Crippen LogP contribution in [0.5, 0.6) is 0 Å². The molecule has 0 bridgehead atoms. The Kier molecular flexibility index (Phi) is 5.37. The van der Waals surface area contributed by atoms with E-state index < -0.39 is 5.92 Å². The molecule has 7 heteroatoms. The normalized spacial score (nSPS) is 16.5. The number of hydrogen-bond acceptors (Lipinski definition) is 3.